The number of rotatable bonds is 4. The number of hydrogen-bond acceptors (Lipinski definition) is 5. The number of fused-ring (bicyclic) bond motifs is 1. The first-order valence-electron chi connectivity index (χ1n) is 11.1. The maximum Gasteiger partial charge on any atom is 0.255 e. The van der Waals surface area contributed by atoms with Gasteiger partial charge in [-0.05, 0) is 44.9 Å². The van der Waals surface area contributed by atoms with Crippen LogP contribution < -0.4 is 0 Å². The van der Waals surface area contributed by atoms with Gasteiger partial charge in [-0.2, -0.15) is 5.10 Å². The molecule has 0 radical (unpaired) electrons. The first kappa shape index (κ1) is 20.4. The number of pyridine rings is 2. The number of carbonyl (C=O) groups excluding carboxylic acids is 1. The molecule has 1 fully saturated rings. The van der Waals surface area contributed by atoms with Gasteiger partial charge in [-0.1, -0.05) is 0 Å². The van der Waals surface area contributed by atoms with Crippen LogP contribution in [0.3, 0.4) is 0 Å². The van der Waals surface area contributed by atoms with E-state index in [0.717, 1.165) is 40.8 Å². The van der Waals surface area contributed by atoms with Crippen LogP contribution in [0.1, 0.15) is 54.7 Å². The minimum Gasteiger partial charge on any atom is -0.339 e. The Morgan fingerprint density at radius 3 is 2.66 bits per heavy atom. The molecule has 0 saturated carbocycles. The zero-order chi connectivity index (χ0) is 22.2. The molecule has 5 heterocycles. The molecule has 5 rings (SSSR count). The monoisotopic (exact) mass is 429 g/mol. The molecule has 8 heteroatoms. The maximum atomic E-state index is 12.8. The van der Waals surface area contributed by atoms with Gasteiger partial charge in [-0.3, -0.25) is 14.5 Å². The van der Waals surface area contributed by atoms with Crippen LogP contribution in [0, 0.1) is 0 Å². The highest BCUT2D eigenvalue weighted by atomic mass is 16.2. The largest absolute Gasteiger partial charge is 0.339 e. The number of likely N-dealkylation sites (tertiary alicyclic amines) is 1. The Morgan fingerprint density at radius 2 is 2.00 bits per heavy atom. The molecular formula is C24H27N7O. The van der Waals surface area contributed by atoms with Gasteiger partial charge in [0.1, 0.15) is 11.2 Å². The van der Waals surface area contributed by atoms with Crippen LogP contribution in [0.2, 0.25) is 0 Å². The molecule has 164 valence electrons. The lowest BCUT2D eigenvalue weighted by molar-refractivity contribution is 0.0711. The minimum atomic E-state index is 0.0499. The van der Waals surface area contributed by atoms with Gasteiger partial charge in [0.05, 0.1) is 23.6 Å². The molecule has 0 atom stereocenters. The minimum absolute atomic E-state index is 0.0499. The van der Waals surface area contributed by atoms with E-state index in [1.165, 1.54) is 0 Å². The Bertz CT molecular complexity index is 1250. The second-order valence-corrected chi connectivity index (χ2v) is 8.72. The summed E-state index contributed by atoms with van der Waals surface area (Å²) < 4.78 is 3.99. The summed E-state index contributed by atoms with van der Waals surface area (Å²) in [5, 5.41) is 4.33. The molecule has 1 aliphatic heterocycles. The molecule has 0 aliphatic carbocycles. The zero-order valence-electron chi connectivity index (χ0n) is 18.6. The van der Waals surface area contributed by atoms with E-state index in [9.17, 15) is 4.79 Å². The van der Waals surface area contributed by atoms with E-state index in [4.69, 9.17) is 4.98 Å². The number of hydrogen-bond donors (Lipinski definition) is 0. The molecule has 0 aromatic carbocycles. The third-order valence-electron chi connectivity index (χ3n) is 6.23. The highest BCUT2D eigenvalue weighted by Gasteiger charge is 2.27. The van der Waals surface area contributed by atoms with Crippen molar-refractivity contribution in [3.8, 4) is 11.3 Å². The number of imidazole rings is 1. The summed E-state index contributed by atoms with van der Waals surface area (Å²) in [4.78, 5) is 28.5. The van der Waals surface area contributed by atoms with Crippen LogP contribution in [0.25, 0.3) is 22.3 Å². The Morgan fingerprint density at radius 1 is 1.19 bits per heavy atom. The van der Waals surface area contributed by atoms with Crippen molar-refractivity contribution in [2.75, 3.05) is 13.1 Å². The fraction of sp³-hybridized carbons (Fsp3) is 0.375. The summed E-state index contributed by atoms with van der Waals surface area (Å²) in [7, 11) is 1.91. The summed E-state index contributed by atoms with van der Waals surface area (Å²) >= 11 is 0. The predicted molar refractivity (Wildman–Crippen MR) is 122 cm³/mol. The normalized spacial score (nSPS) is 15.1. The highest BCUT2D eigenvalue weighted by Crippen LogP contribution is 2.34. The van der Waals surface area contributed by atoms with Gasteiger partial charge < -0.3 is 9.47 Å². The lowest BCUT2D eigenvalue weighted by atomic mass is 9.92. The standard InChI is InChI=1S/C24H27N7O/c1-16(2)31-15-26-23-21(31)11-20(28-22(23)19-13-27-29(3)14-19)17-6-9-30(10-7-17)24(32)18-5-4-8-25-12-18/h4-5,8,11-17H,6-7,9-10H2,1-3H3. The molecule has 4 aromatic rings. The molecule has 1 aliphatic rings. The number of carbonyl (C=O) groups is 1. The quantitative estimate of drug-likeness (QED) is 0.492. The van der Waals surface area contributed by atoms with Crippen molar-refractivity contribution < 1.29 is 4.79 Å². The van der Waals surface area contributed by atoms with E-state index in [2.05, 4.69) is 39.5 Å². The zero-order valence-corrected chi connectivity index (χ0v) is 18.6. The van der Waals surface area contributed by atoms with E-state index >= 15 is 0 Å². The van der Waals surface area contributed by atoms with E-state index in [0.29, 0.717) is 30.6 Å². The Kier molecular flexibility index (Phi) is 5.20. The summed E-state index contributed by atoms with van der Waals surface area (Å²) in [6.45, 7) is 5.74. The molecule has 8 nitrogen and oxygen atoms in total. The molecule has 1 amide bonds. The number of amides is 1. The Balaban J connectivity index is 1.45. The van der Waals surface area contributed by atoms with Crippen molar-refractivity contribution >= 4 is 16.9 Å². The van der Waals surface area contributed by atoms with E-state index in [1.807, 2.05) is 36.7 Å². The van der Waals surface area contributed by atoms with Crippen LogP contribution in [0.4, 0.5) is 0 Å². The number of aryl methyl sites for hydroxylation is 1. The summed E-state index contributed by atoms with van der Waals surface area (Å²) in [5.74, 6) is 0.345. The topological polar surface area (TPSA) is 81.7 Å². The van der Waals surface area contributed by atoms with Crippen molar-refractivity contribution in [3.05, 3.63) is 60.6 Å². The van der Waals surface area contributed by atoms with Crippen molar-refractivity contribution in [2.45, 2.75) is 38.6 Å². The van der Waals surface area contributed by atoms with Crippen molar-refractivity contribution in [3.63, 3.8) is 0 Å². The summed E-state index contributed by atoms with van der Waals surface area (Å²) in [6.07, 6.45) is 10.8. The maximum absolute atomic E-state index is 12.8. The third kappa shape index (κ3) is 3.66. The second-order valence-electron chi connectivity index (χ2n) is 8.72. The number of aromatic nitrogens is 6. The van der Waals surface area contributed by atoms with Crippen LogP contribution in [0.5, 0.6) is 0 Å². The van der Waals surface area contributed by atoms with Crippen LogP contribution in [0.15, 0.2) is 49.3 Å². The van der Waals surface area contributed by atoms with Gasteiger partial charge in [-0.25, -0.2) is 9.97 Å². The Hall–Kier alpha value is -3.55. The van der Waals surface area contributed by atoms with Gasteiger partial charge in [0.2, 0.25) is 0 Å². The van der Waals surface area contributed by atoms with Crippen LogP contribution in [-0.2, 0) is 7.05 Å². The lowest BCUT2D eigenvalue weighted by Crippen LogP contribution is -2.38. The second kappa shape index (κ2) is 8.18. The molecule has 0 spiro atoms. The fourth-order valence-electron chi connectivity index (χ4n) is 4.47. The van der Waals surface area contributed by atoms with E-state index < -0.39 is 0 Å². The summed E-state index contributed by atoms with van der Waals surface area (Å²) in [5.41, 5.74) is 5.55. The molecule has 0 N–H and O–H groups in total. The molecular weight excluding hydrogens is 402 g/mol. The predicted octanol–water partition coefficient (Wildman–Crippen LogP) is 3.83. The average molecular weight is 430 g/mol. The van der Waals surface area contributed by atoms with Crippen molar-refractivity contribution in [2.24, 2.45) is 7.05 Å². The first-order valence-corrected chi connectivity index (χ1v) is 11.1. The number of piperidine rings is 1. The van der Waals surface area contributed by atoms with E-state index in [-0.39, 0.29) is 5.91 Å². The first-order chi connectivity index (χ1) is 15.5. The lowest BCUT2D eigenvalue weighted by Gasteiger charge is -2.32. The van der Waals surface area contributed by atoms with Gasteiger partial charge in [-0.15, -0.1) is 0 Å². The molecule has 4 aromatic heterocycles. The third-order valence-corrected chi connectivity index (χ3v) is 6.23. The van der Waals surface area contributed by atoms with Gasteiger partial charge in [0.15, 0.2) is 0 Å². The van der Waals surface area contributed by atoms with E-state index in [1.54, 1.807) is 23.1 Å². The fourth-order valence-corrected chi connectivity index (χ4v) is 4.47. The van der Waals surface area contributed by atoms with Crippen LogP contribution >= 0.6 is 0 Å². The average Bonchev–Trinajstić information content (AvgIpc) is 3.45. The Labute approximate surface area is 186 Å². The highest BCUT2D eigenvalue weighted by molar-refractivity contribution is 5.94. The smallest absolute Gasteiger partial charge is 0.255 e. The van der Waals surface area contributed by atoms with Crippen molar-refractivity contribution in [1.82, 2.24) is 34.2 Å². The summed E-state index contributed by atoms with van der Waals surface area (Å²) in [6, 6.07) is 6.11. The molecule has 1 saturated heterocycles. The van der Waals surface area contributed by atoms with Gasteiger partial charge in [0.25, 0.3) is 5.91 Å². The van der Waals surface area contributed by atoms with Gasteiger partial charge >= 0.3 is 0 Å². The molecule has 32 heavy (non-hydrogen) atoms. The number of nitrogens with zero attached hydrogens (tertiary/aromatic N) is 7. The van der Waals surface area contributed by atoms with Gasteiger partial charge in [0, 0.05) is 61.9 Å². The molecule has 0 bridgehead atoms. The SMILES string of the molecule is CC(C)n1cnc2c(-c3cnn(C)c3)nc(C3CCN(C(=O)c4cccnc4)CC3)cc21. The molecule has 0 unspecified atom stereocenters. The van der Waals surface area contributed by atoms with Crippen molar-refractivity contribution in [1.29, 1.82) is 0 Å². The van der Waals surface area contributed by atoms with Crippen LogP contribution in [-0.4, -0.2) is 53.2 Å².